The van der Waals surface area contributed by atoms with E-state index >= 15 is 0 Å². The van der Waals surface area contributed by atoms with Crippen molar-refractivity contribution >= 4 is 59.1 Å². The van der Waals surface area contributed by atoms with Crippen molar-refractivity contribution in [3.63, 3.8) is 0 Å². The lowest BCUT2D eigenvalue weighted by Crippen LogP contribution is -2.59. The third kappa shape index (κ3) is 15.1. The van der Waals surface area contributed by atoms with Crippen molar-refractivity contribution < 1.29 is 73.5 Å². The molecule has 10 atom stereocenters. The van der Waals surface area contributed by atoms with Crippen LogP contribution in [0.1, 0.15) is 52.0 Å². The van der Waals surface area contributed by atoms with Crippen LogP contribution in [0.15, 0.2) is 30.3 Å². The van der Waals surface area contributed by atoms with Crippen LogP contribution >= 0.6 is 0 Å². The molecule has 9 amide bonds. The number of carboxylic acids is 1. The number of likely N-dealkylation sites (tertiary alicyclic amines) is 3. The number of aliphatic carboxylic acids is 1. The van der Waals surface area contributed by atoms with Crippen LogP contribution in [0, 0.1) is 5.92 Å². The Kier molecular flexibility index (Phi) is 19.5. The van der Waals surface area contributed by atoms with Gasteiger partial charge in [-0.15, -0.1) is 0 Å². The molecule has 3 fully saturated rings. The number of carboxylic acid groups (broad SMARTS) is 1. The Morgan fingerprint density at radius 1 is 0.612 bits per heavy atom. The van der Waals surface area contributed by atoms with Gasteiger partial charge in [0.2, 0.25) is 53.2 Å². The van der Waals surface area contributed by atoms with Crippen molar-refractivity contribution in [1.29, 1.82) is 0 Å². The smallest absolute Gasteiger partial charge is 0.322 e. The first-order valence-electron chi connectivity index (χ1n) is 21.9. The lowest BCUT2D eigenvalue weighted by atomic mass is 10.0. The molecule has 25 heteroatoms. The second kappa shape index (κ2) is 24.5. The maximum Gasteiger partial charge on any atom is 0.322 e. The van der Waals surface area contributed by atoms with E-state index in [2.05, 4.69) is 31.9 Å². The number of aliphatic hydroxyl groups is 4. The number of hydrogen-bond acceptors (Lipinski definition) is 15. The molecule has 0 aromatic heterocycles. The number of benzene rings is 1. The van der Waals surface area contributed by atoms with E-state index < -0.39 is 153 Å². The molecule has 0 aliphatic carbocycles. The molecule has 3 saturated heterocycles. The molecule has 0 bridgehead atoms. The highest BCUT2D eigenvalue weighted by atomic mass is 16.4. The largest absolute Gasteiger partial charge is 0.480 e. The molecule has 3 aliphatic heterocycles. The zero-order valence-corrected chi connectivity index (χ0v) is 37.5. The van der Waals surface area contributed by atoms with E-state index in [1.165, 1.54) is 6.92 Å². The van der Waals surface area contributed by atoms with Gasteiger partial charge in [-0.05, 0) is 24.8 Å². The van der Waals surface area contributed by atoms with Crippen LogP contribution in [-0.4, -0.2) is 206 Å². The zero-order valence-electron chi connectivity index (χ0n) is 37.5. The third-order valence-electron chi connectivity index (χ3n) is 11.4. The van der Waals surface area contributed by atoms with Crippen molar-refractivity contribution in [3.05, 3.63) is 35.9 Å². The molecule has 0 unspecified atom stereocenters. The number of amides is 9. The number of hydrogen-bond donors (Lipinski definition) is 12. The minimum Gasteiger partial charge on any atom is -0.480 e. The highest BCUT2D eigenvalue weighted by Crippen LogP contribution is 2.23. The van der Waals surface area contributed by atoms with Crippen LogP contribution in [0.3, 0.4) is 0 Å². The molecule has 370 valence electrons. The van der Waals surface area contributed by atoms with Gasteiger partial charge in [-0.1, -0.05) is 44.2 Å². The maximum absolute atomic E-state index is 13.8. The number of carbonyl (C=O) groups is 10. The van der Waals surface area contributed by atoms with Crippen LogP contribution in [0.5, 0.6) is 0 Å². The molecule has 25 nitrogen and oxygen atoms in total. The molecular formula is C42H62N10O15. The minimum absolute atomic E-state index is 0.0485. The van der Waals surface area contributed by atoms with E-state index in [1.807, 2.05) is 0 Å². The summed E-state index contributed by atoms with van der Waals surface area (Å²) in [5, 5.41) is 65.0. The van der Waals surface area contributed by atoms with E-state index in [1.54, 1.807) is 44.2 Å². The highest BCUT2D eigenvalue weighted by molar-refractivity contribution is 5.98. The molecule has 3 heterocycles. The SMILES string of the molecule is CC(C)C[C@H](NC(=O)CNC(=O)[C@@H]1C[C@@H](O)CN1C(=O)[C@@H](NC(=O)CNC(=O)[C@@H]1C[C@@H](O)CN1C(=O)[C@H](Cc1ccccc1)NC(=O)CN)[C@@H](C)O)C(=O)N1C[C@H](O)C[C@H]1C(=O)NCC(=O)O. The normalized spacial score (nSPS) is 23.1. The second-order valence-electron chi connectivity index (χ2n) is 17.3. The first kappa shape index (κ1) is 53.3. The summed E-state index contributed by atoms with van der Waals surface area (Å²) in [6.45, 7) is 1.17. The lowest BCUT2D eigenvalue weighted by Gasteiger charge is -2.30. The van der Waals surface area contributed by atoms with E-state index in [-0.39, 0.29) is 51.1 Å². The Morgan fingerprint density at radius 3 is 1.46 bits per heavy atom. The predicted molar refractivity (Wildman–Crippen MR) is 231 cm³/mol. The second-order valence-corrected chi connectivity index (χ2v) is 17.3. The minimum atomic E-state index is -1.70. The van der Waals surface area contributed by atoms with Crippen molar-refractivity contribution in [3.8, 4) is 0 Å². The Labute approximate surface area is 385 Å². The Balaban J connectivity index is 1.35. The summed E-state index contributed by atoms with van der Waals surface area (Å²) in [4.78, 5) is 133. The van der Waals surface area contributed by atoms with Crippen molar-refractivity contribution in [2.75, 3.05) is 45.8 Å². The van der Waals surface area contributed by atoms with Crippen LogP contribution in [-0.2, 0) is 54.4 Å². The quantitative estimate of drug-likeness (QED) is 0.0545. The zero-order chi connectivity index (χ0) is 49.7. The van der Waals surface area contributed by atoms with Gasteiger partial charge in [0, 0.05) is 45.3 Å². The fourth-order valence-corrected chi connectivity index (χ4v) is 8.20. The molecule has 0 radical (unpaired) electrons. The van der Waals surface area contributed by atoms with Gasteiger partial charge in [0.25, 0.3) is 0 Å². The van der Waals surface area contributed by atoms with E-state index in [0.717, 1.165) is 14.7 Å². The molecule has 3 aliphatic rings. The summed E-state index contributed by atoms with van der Waals surface area (Å²) in [6, 6.07) is 0.783. The Bertz CT molecular complexity index is 1990. The van der Waals surface area contributed by atoms with Crippen molar-refractivity contribution in [2.45, 2.75) is 114 Å². The summed E-state index contributed by atoms with van der Waals surface area (Å²) in [6.07, 6.45) is -5.55. The topological polar surface area (TPSA) is 380 Å². The molecular weight excluding hydrogens is 885 g/mol. The fraction of sp³-hybridized carbons (Fsp3) is 0.619. The summed E-state index contributed by atoms with van der Waals surface area (Å²) in [5.74, 6) is -8.89. The van der Waals surface area contributed by atoms with E-state index in [9.17, 15) is 68.4 Å². The highest BCUT2D eigenvalue weighted by Gasteiger charge is 2.45. The fourth-order valence-electron chi connectivity index (χ4n) is 8.20. The Hall–Kier alpha value is -6.28. The molecule has 1 aromatic rings. The molecule has 4 rings (SSSR count). The average molecular weight is 947 g/mol. The number of aliphatic hydroxyl groups excluding tert-OH is 4. The summed E-state index contributed by atoms with van der Waals surface area (Å²) in [5.41, 5.74) is 6.16. The number of rotatable bonds is 21. The van der Waals surface area contributed by atoms with Gasteiger partial charge in [0.15, 0.2) is 0 Å². The number of nitrogens with two attached hydrogens (primary N) is 1. The predicted octanol–water partition coefficient (Wildman–Crippen LogP) is -6.61. The molecule has 1 aromatic carbocycles. The van der Waals surface area contributed by atoms with Crippen molar-refractivity contribution in [1.82, 2.24) is 46.6 Å². The van der Waals surface area contributed by atoms with Gasteiger partial charge in [0.05, 0.1) is 44.1 Å². The van der Waals surface area contributed by atoms with Gasteiger partial charge in [-0.2, -0.15) is 0 Å². The lowest BCUT2D eigenvalue weighted by molar-refractivity contribution is -0.144. The maximum atomic E-state index is 13.8. The first-order valence-corrected chi connectivity index (χ1v) is 21.9. The van der Waals surface area contributed by atoms with Gasteiger partial charge in [0.1, 0.15) is 42.8 Å². The van der Waals surface area contributed by atoms with Crippen LogP contribution < -0.4 is 37.6 Å². The molecule has 0 saturated carbocycles. The third-order valence-corrected chi connectivity index (χ3v) is 11.4. The van der Waals surface area contributed by atoms with Gasteiger partial charge in [-0.25, -0.2) is 0 Å². The van der Waals surface area contributed by atoms with Gasteiger partial charge >= 0.3 is 5.97 Å². The summed E-state index contributed by atoms with van der Waals surface area (Å²) >= 11 is 0. The van der Waals surface area contributed by atoms with E-state index in [0.29, 0.717) is 5.56 Å². The molecule has 67 heavy (non-hydrogen) atoms. The monoisotopic (exact) mass is 946 g/mol. The summed E-state index contributed by atoms with van der Waals surface area (Å²) in [7, 11) is 0. The molecule has 0 spiro atoms. The number of nitrogens with zero attached hydrogens (tertiary/aromatic N) is 3. The number of carbonyl (C=O) groups excluding carboxylic acids is 9. The van der Waals surface area contributed by atoms with E-state index in [4.69, 9.17) is 10.8 Å². The number of β-amino-alcohol motifs (C(OH)–C–C–N with tert-alkyl or cyclic N) is 3. The standard InChI is InChI=1S/C42H62N10O15/c1-21(2)9-27(40(65)50-18-25(55)12-30(50)39(64)46-17-35(60)61)48-33(58)15-44-38(63)31-13-26(56)20-52(31)42(67)36(22(3)53)49-34(59)16-45-37(62)29-11-24(54)19-51(29)41(66)28(47-32(57)14-43)10-23-7-5-4-6-8-23/h4-8,21-22,24-31,36,53-56H,9-20,43H2,1-3H3,(H,44,63)(H,45,62)(H,46,64)(H,47,57)(H,48,58)(H,49,59)(H,60,61)/t22-,24-,25-,26-,27+,28+,29+,30+,31+,36+/m1/s1. The Morgan fingerprint density at radius 2 is 1.03 bits per heavy atom. The van der Waals surface area contributed by atoms with Crippen molar-refractivity contribution in [2.24, 2.45) is 11.7 Å². The molecule has 13 N–H and O–H groups in total. The van der Waals surface area contributed by atoms with Crippen LogP contribution in [0.4, 0.5) is 0 Å². The van der Waals surface area contributed by atoms with Gasteiger partial charge < -0.3 is 77.9 Å². The first-order chi connectivity index (χ1) is 31.6. The number of nitrogens with one attached hydrogen (secondary N) is 6. The van der Waals surface area contributed by atoms with Crippen LogP contribution in [0.2, 0.25) is 0 Å². The summed E-state index contributed by atoms with van der Waals surface area (Å²) < 4.78 is 0. The van der Waals surface area contributed by atoms with Crippen LogP contribution in [0.25, 0.3) is 0 Å². The van der Waals surface area contributed by atoms with Gasteiger partial charge in [-0.3, -0.25) is 47.9 Å². The average Bonchev–Trinajstić information content (AvgIpc) is 4.00.